The molecule has 0 aromatic heterocycles. The van der Waals surface area contributed by atoms with Crippen LogP contribution in [0, 0.1) is 11.8 Å². The Bertz CT molecular complexity index is 445. The zero-order valence-corrected chi connectivity index (χ0v) is 12.8. The van der Waals surface area contributed by atoms with E-state index in [4.69, 9.17) is 4.74 Å². The molecule has 4 atom stereocenters. The van der Waals surface area contributed by atoms with E-state index in [2.05, 4.69) is 43.6 Å². The zero-order valence-electron chi connectivity index (χ0n) is 12.8. The SMILES string of the molecule is CNC(CC1CCOc2ccccc21)C1CCCC1C. The normalized spacial score (nSPS) is 30.6. The van der Waals surface area contributed by atoms with Gasteiger partial charge in [-0.1, -0.05) is 38.0 Å². The van der Waals surface area contributed by atoms with Crippen LogP contribution in [0.25, 0.3) is 0 Å². The number of ether oxygens (including phenoxy) is 1. The van der Waals surface area contributed by atoms with E-state index >= 15 is 0 Å². The third-order valence-corrected chi connectivity index (χ3v) is 5.44. The van der Waals surface area contributed by atoms with E-state index in [0.717, 1.165) is 30.6 Å². The van der Waals surface area contributed by atoms with E-state index in [1.165, 1.54) is 31.2 Å². The molecule has 2 nitrogen and oxygen atoms in total. The molecule has 1 aliphatic heterocycles. The maximum absolute atomic E-state index is 5.80. The van der Waals surface area contributed by atoms with Crippen molar-refractivity contribution in [2.75, 3.05) is 13.7 Å². The Morgan fingerprint density at radius 1 is 1.25 bits per heavy atom. The molecule has 2 heteroatoms. The van der Waals surface area contributed by atoms with Gasteiger partial charge in [-0.2, -0.15) is 0 Å². The first-order valence-corrected chi connectivity index (χ1v) is 8.18. The lowest BCUT2D eigenvalue weighted by Crippen LogP contribution is -2.37. The van der Waals surface area contributed by atoms with Crippen LogP contribution in [0.5, 0.6) is 5.75 Å². The molecule has 0 saturated heterocycles. The maximum atomic E-state index is 5.80. The van der Waals surface area contributed by atoms with E-state index in [0.29, 0.717) is 12.0 Å². The van der Waals surface area contributed by atoms with Gasteiger partial charge in [0.2, 0.25) is 0 Å². The molecule has 0 radical (unpaired) electrons. The third kappa shape index (κ3) is 2.71. The minimum Gasteiger partial charge on any atom is -0.493 e. The Labute approximate surface area is 122 Å². The monoisotopic (exact) mass is 273 g/mol. The van der Waals surface area contributed by atoms with Crippen molar-refractivity contribution in [2.24, 2.45) is 11.8 Å². The summed E-state index contributed by atoms with van der Waals surface area (Å²) in [4.78, 5) is 0. The second kappa shape index (κ2) is 6.17. The molecule has 1 fully saturated rings. The Kier molecular flexibility index (Phi) is 4.30. The molecule has 0 bridgehead atoms. The number of hydrogen-bond donors (Lipinski definition) is 1. The van der Waals surface area contributed by atoms with Crippen molar-refractivity contribution in [2.45, 2.75) is 51.0 Å². The first kappa shape index (κ1) is 13.9. The number of benzene rings is 1. The van der Waals surface area contributed by atoms with Crippen molar-refractivity contribution < 1.29 is 4.74 Å². The highest BCUT2D eigenvalue weighted by molar-refractivity contribution is 5.37. The van der Waals surface area contributed by atoms with Crippen molar-refractivity contribution in [3.8, 4) is 5.75 Å². The van der Waals surface area contributed by atoms with E-state index < -0.39 is 0 Å². The van der Waals surface area contributed by atoms with Crippen LogP contribution in [0.2, 0.25) is 0 Å². The molecule has 1 saturated carbocycles. The van der Waals surface area contributed by atoms with Crippen molar-refractivity contribution in [3.63, 3.8) is 0 Å². The van der Waals surface area contributed by atoms with Crippen LogP contribution in [0.15, 0.2) is 24.3 Å². The standard InChI is InChI=1S/C18H27NO/c1-13-6-5-8-15(13)17(19-2)12-14-10-11-20-18-9-4-3-7-16(14)18/h3-4,7,9,13-15,17,19H,5-6,8,10-12H2,1-2H3. The molecule has 0 amide bonds. The Hall–Kier alpha value is -1.02. The van der Waals surface area contributed by atoms with Gasteiger partial charge in [-0.25, -0.2) is 0 Å². The van der Waals surface area contributed by atoms with Gasteiger partial charge in [0, 0.05) is 6.04 Å². The first-order chi connectivity index (χ1) is 9.79. The first-order valence-electron chi connectivity index (χ1n) is 8.18. The topological polar surface area (TPSA) is 21.3 Å². The van der Waals surface area contributed by atoms with Crippen LogP contribution < -0.4 is 10.1 Å². The summed E-state index contributed by atoms with van der Waals surface area (Å²) in [6.45, 7) is 3.30. The lowest BCUT2D eigenvalue weighted by molar-refractivity contribution is 0.231. The van der Waals surface area contributed by atoms with Gasteiger partial charge in [0.25, 0.3) is 0 Å². The highest BCUT2D eigenvalue weighted by atomic mass is 16.5. The van der Waals surface area contributed by atoms with Crippen LogP contribution >= 0.6 is 0 Å². The van der Waals surface area contributed by atoms with Crippen LogP contribution in [0.1, 0.15) is 50.5 Å². The minimum atomic E-state index is 0.656. The van der Waals surface area contributed by atoms with Crippen molar-refractivity contribution in [1.29, 1.82) is 0 Å². The molecule has 3 rings (SSSR count). The summed E-state index contributed by atoms with van der Waals surface area (Å²) in [6.07, 6.45) is 6.64. The van der Waals surface area contributed by atoms with Gasteiger partial charge in [0.15, 0.2) is 0 Å². The molecule has 1 heterocycles. The predicted molar refractivity (Wildman–Crippen MR) is 83.3 cm³/mol. The molecule has 1 aromatic rings. The molecule has 2 aliphatic rings. The number of hydrogen-bond acceptors (Lipinski definition) is 2. The fourth-order valence-corrected chi connectivity index (χ4v) is 4.25. The van der Waals surface area contributed by atoms with Crippen LogP contribution in [0.4, 0.5) is 0 Å². The van der Waals surface area contributed by atoms with Crippen LogP contribution in [-0.2, 0) is 0 Å². The fourth-order valence-electron chi connectivity index (χ4n) is 4.25. The third-order valence-electron chi connectivity index (χ3n) is 5.44. The lowest BCUT2D eigenvalue weighted by atomic mass is 9.80. The average molecular weight is 273 g/mol. The van der Waals surface area contributed by atoms with E-state index in [1.54, 1.807) is 0 Å². The number of nitrogens with one attached hydrogen (secondary N) is 1. The smallest absolute Gasteiger partial charge is 0.122 e. The molecule has 1 N–H and O–H groups in total. The zero-order chi connectivity index (χ0) is 13.9. The number of para-hydroxylation sites is 1. The summed E-state index contributed by atoms with van der Waals surface area (Å²) >= 11 is 0. The molecule has 1 aliphatic carbocycles. The molecule has 110 valence electrons. The average Bonchev–Trinajstić information content (AvgIpc) is 2.91. The summed E-state index contributed by atoms with van der Waals surface area (Å²) in [5.74, 6) is 3.50. The highest BCUT2D eigenvalue weighted by Gasteiger charge is 2.33. The minimum absolute atomic E-state index is 0.656. The molecular weight excluding hydrogens is 246 g/mol. The molecule has 1 aromatic carbocycles. The van der Waals surface area contributed by atoms with E-state index in [9.17, 15) is 0 Å². The Morgan fingerprint density at radius 2 is 2.10 bits per heavy atom. The van der Waals surface area contributed by atoms with Crippen molar-refractivity contribution >= 4 is 0 Å². The van der Waals surface area contributed by atoms with Gasteiger partial charge in [0.1, 0.15) is 5.75 Å². The summed E-state index contributed by atoms with van der Waals surface area (Å²) in [7, 11) is 2.14. The quantitative estimate of drug-likeness (QED) is 0.896. The summed E-state index contributed by atoms with van der Waals surface area (Å²) in [6, 6.07) is 9.25. The van der Waals surface area contributed by atoms with Crippen LogP contribution in [0.3, 0.4) is 0 Å². The predicted octanol–water partition coefficient (Wildman–Crippen LogP) is 3.97. The van der Waals surface area contributed by atoms with Crippen molar-refractivity contribution in [1.82, 2.24) is 5.32 Å². The van der Waals surface area contributed by atoms with Gasteiger partial charge in [0.05, 0.1) is 6.61 Å². The highest BCUT2D eigenvalue weighted by Crippen LogP contribution is 2.40. The second-order valence-electron chi connectivity index (χ2n) is 6.57. The molecule has 0 spiro atoms. The lowest BCUT2D eigenvalue weighted by Gasteiger charge is -2.33. The van der Waals surface area contributed by atoms with E-state index in [1.807, 2.05) is 0 Å². The maximum Gasteiger partial charge on any atom is 0.122 e. The van der Waals surface area contributed by atoms with Crippen LogP contribution in [-0.4, -0.2) is 19.7 Å². The van der Waals surface area contributed by atoms with Gasteiger partial charge in [-0.05, 0) is 55.7 Å². The largest absolute Gasteiger partial charge is 0.493 e. The molecule has 4 unspecified atom stereocenters. The van der Waals surface area contributed by atoms with E-state index in [-0.39, 0.29) is 0 Å². The number of fused-ring (bicyclic) bond motifs is 1. The Morgan fingerprint density at radius 3 is 2.85 bits per heavy atom. The van der Waals surface area contributed by atoms with Gasteiger partial charge >= 0.3 is 0 Å². The fraction of sp³-hybridized carbons (Fsp3) is 0.667. The van der Waals surface area contributed by atoms with Gasteiger partial charge < -0.3 is 10.1 Å². The van der Waals surface area contributed by atoms with Gasteiger partial charge in [-0.15, -0.1) is 0 Å². The molecule has 20 heavy (non-hydrogen) atoms. The Balaban J connectivity index is 1.73. The second-order valence-corrected chi connectivity index (χ2v) is 6.57. The van der Waals surface area contributed by atoms with Crippen molar-refractivity contribution in [3.05, 3.63) is 29.8 Å². The number of rotatable bonds is 4. The summed E-state index contributed by atoms with van der Waals surface area (Å²) in [5, 5.41) is 3.61. The summed E-state index contributed by atoms with van der Waals surface area (Å²) in [5.41, 5.74) is 1.42. The summed E-state index contributed by atoms with van der Waals surface area (Å²) < 4.78 is 5.80. The molecular formula is C18H27NO. The van der Waals surface area contributed by atoms with Gasteiger partial charge in [-0.3, -0.25) is 0 Å².